The summed E-state index contributed by atoms with van der Waals surface area (Å²) in [6.45, 7) is 0.895. The average Bonchev–Trinajstić information content (AvgIpc) is 2.49. The Bertz CT molecular complexity index is 764. The molecule has 0 aromatic heterocycles. The fraction of sp³-hybridized carbons (Fsp3) is 0.125. The molecule has 0 bridgehead atoms. The number of benzene rings is 2. The van der Waals surface area contributed by atoms with Crippen molar-refractivity contribution in [2.24, 2.45) is 0 Å². The van der Waals surface area contributed by atoms with Crippen molar-refractivity contribution in [1.82, 2.24) is 0 Å². The van der Waals surface area contributed by atoms with E-state index >= 15 is 0 Å². The highest BCUT2D eigenvalue weighted by Gasteiger charge is 2.04. The average molecular weight is 426 g/mol. The number of ether oxygens (including phenoxy) is 2. The first-order chi connectivity index (χ1) is 11.7. The second-order valence-electron chi connectivity index (χ2n) is 4.43. The number of esters is 1. The normalized spacial score (nSPS) is 9.64. The van der Waals surface area contributed by atoms with Crippen LogP contribution in [0.15, 0.2) is 36.4 Å². The van der Waals surface area contributed by atoms with Gasteiger partial charge in [-0.1, -0.05) is 46.4 Å². The molecule has 0 fully saturated rings. The Hall–Kier alpha value is -1.66. The molecule has 0 amide bonds. The van der Waals surface area contributed by atoms with Crippen molar-refractivity contribution >= 4 is 58.3 Å². The summed E-state index contributed by atoms with van der Waals surface area (Å²) in [6.07, 6.45) is 0. The van der Waals surface area contributed by atoms with Crippen LogP contribution >= 0.6 is 46.4 Å². The van der Waals surface area contributed by atoms with Crippen LogP contribution in [-0.2, 0) is 9.59 Å². The summed E-state index contributed by atoms with van der Waals surface area (Å²) in [6, 6.07) is 9.25. The van der Waals surface area contributed by atoms with E-state index in [1.54, 1.807) is 18.2 Å². The van der Waals surface area contributed by atoms with Gasteiger partial charge in [0.15, 0.2) is 6.61 Å². The molecule has 134 valence electrons. The van der Waals surface area contributed by atoms with Crippen molar-refractivity contribution in [1.29, 1.82) is 0 Å². The third-order valence-corrected chi connectivity index (χ3v) is 3.45. The van der Waals surface area contributed by atoms with E-state index in [1.807, 2.05) is 0 Å². The Labute approximate surface area is 164 Å². The molecule has 0 heterocycles. The maximum absolute atomic E-state index is 10.5. The van der Waals surface area contributed by atoms with Crippen molar-refractivity contribution in [2.75, 3.05) is 6.61 Å². The summed E-state index contributed by atoms with van der Waals surface area (Å²) in [5.41, 5.74) is 0. The first-order valence-electron chi connectivity index (χ1n) is 6.62. The minimum absolute atomic E-state index is 0.300. The van der Waals surface area contributed by atoms with Crippen LogP contribution in [0.5, 0.6) is 11.5 Å². The molecule has 2 aromatic carbocycles. The molecule has 0 atom stereocenters. The van der Waals surface area contributed by atoms with Crippen LogP contribution in [0.2, 0.25) is 20.1 Å². The van der Waals surface area contributed by atoms with E-state index in [4.69, 9.17) is 61.0 Å². The van der Waals surface area contributed by atoms with Crippen molar-refractivity contribution in [2.45, 2.75) is 6.92 Å². The van der Waals surface area contributed by atoms with Crippen molar-refractivity contribution < 1.29 is 24.2 Å². The molecule has 0 saturated carbocycles. The molecule has 0 unspecified atom stereocenters. The lowest BCUT2D eigenvalue weighted by atomic mass is 10.3. The SMILES string of the molecule is CC(=O)Oc1ccc(Cl)cc1Cl.O=C(O)COc1ccc(Cl)cc1Cl. The third-order valence-electron chi connectivity index (χ3n) is 2.39. The first-order valence-corrected chi connectivity index (χ1v) is 8.13. The Morgan fingerprint density at radius 2 is 1.40 bits per heavy atom. The summed E-state index contributed by atoms with van der Waals surface area (Å²) in [5.74, 6) is -0.813. The van der Waals surface area contributed by atoms with Crippen LogP contribution in [0, 0.1) is 0 Å². The third kappa shape index (κ3) is 8.31. The summed E-state index contributed by atoms with van der Waals surface area (Å²) in [5, 5.41) is 9.95. The van der Waals surface area contributed by atoms with Crippen LogP contribution in [0.3, 0.4) is 0 Å². The predicted molar refractivity (Wildman–Crippen MR) is 97.4 cm³/mol. The Balaban J connectivity index is 0.000000251. The maximum atomic E-state index is 10.5. The summed E-state index contributed by atoms with van der Waals surface area (Å²) >= 11 is 22.7. The van der Waals surface area contributed by atoms with Gasteiger partial charge in [-0.2, -0.15) is 0 Å². The van der Waals surface area contributed by atoms with Crippen LogP contribution in [-0.4, -0.2) is 23.7 Å². The number of aliphatic carboxylic acids is 1. The lowest BCUT2D eigenvalue weighted by Gasteiger charge is -2.04. The largest absolute Gasteiger partial charge is 0.480 e. The predicted octanol–water partition coefficient (Wildman–Crippen LogP) is 5.38. The van der Waals surface area contributed by atoms with E-state index in [2.05, 4.69) is 0 Å². The number of carboxylic acid groups (broad SMARTS) is 1. The number of hydrogen-bond acceptors (Lipinski definition) is 4. The number of carboxylic acids is 1. The molecule has 0 aliphatic heterocycles. The van der Waals surface area contributed by atoms with E-state index in [9.17, 15) is 9.59 Å². The molecule has 0 aliphatic carbocycles. The fourth-order valence-electron chi connectivity index (χ4n) is 1.44. The molecule has 0 saturated heterocycles. The zero-order valence-electron chi connectivity index (χ0n) is 12.8. The smallest absolute Gasteiger partial charge is 0.341 e. The molecule has 2 aromatic rings. The minimum Gasteiger partial charge on any atom is -0.480 e. The highest BCUT2D eigenvalue weighted by Crippen LogP contribution is 2.28. The van der Waals surface area contributed by atoms with E-state index in [1.165, 1.54) is 25.1 Å². The van der Waals surface area contributed by atoms with Crippen molar-refractivity contribution in [3.8, 4) is 11.5 Å². The summed E-state index contributed by atoms with van der Waals surface area (Å²) in [4.78, 5) is 20.7. The molecule has 1 N–H and O–H groups in total. The summed E-state index contributed by atoms with van der Waals surface area (Å²) < 4.78 is 9.63. The topological polar surface area (TPSA) is 72.8 Å². The number of hydrogen-bond donors (Lipinski definition) is 1. The molecule has 5 nitrogen and oxygen atoms in total. The molecule has 9 heteroatoms. The van der Waals surface area contributed by atoms with E-state index in [0.29, 0.717) is 31.6 Å². The number of halogens is 4. The lowest BCUT2D eigenvalue weighted by molar-refractivity contribution is -0.139. The highest BCUT2D eigenvalue weighted by atomic mass is 35.5. The van der Waals surface area contributed by atoms with Gasteiger partial charge >= 0.3 is 11.9 Å². The number of carbonyl (C=O) groups excluding carboxylic acids is 1. The highest BCUT2D eigenvalue weighted by molar-refractivity contribution is 6.36. The molecular formula is C16H12Cl4O5. The second-order valence-corrected chi connectivity index (χ2v) is 6.11. The quantitative estimate of drug-likeness (QED) is 0.526. The molecule has 25 heavy (non-hydrogen) atoms. The molecular weight excluding hydrogens is 414 g/mol. The standard InChI is InChI=1S/C8H6Cl2O3.C8H6Cl2O2/c9-5-1-2-7(6(10)3-5)13-4-8(11)12;1-5(11)12-8-3-2-6(9)4-7(8)10/h1-3H,4H2,(H,11,12);2-4H,1H3. The Morgan fingerprint density at radius 3 is 1.80 bits per heavy atom. The van der Waals surface area contributed by atoms with E-state index in [-0.39, 0.29) is 0 Å². The zero-order chi connectivity index (χ0) is 19.0. The van der Waals surface area contributed by atoms with Gasteiger partial charge in [0.1, 0.15) is 11.5 Å². The zero-order valence-corrected chi connectivity index (χ0v) is 15.8. The minimum atomic E-state index is -1.05. The van der Waals surface area contributed by atoms with Gasteiger partial charge in [-0.15, -0.1) is 0 Å². The van der Waals surface area contributed by atoms with Crippen LogP contribution in [0.1, 0.15) is 6.92 Å². The van der Waals surface area contributed by atoms with Gasteiger partial charge in [0.2, 0.25) is 0 Å². The fourth-order valence-corrected chi connectivity index (χ4v) is 2.35. The van der Waals surface area contributed by atoms with Crippen LogP contribution in [0.4, 0.5) is 0 Å². The van der Waals surface area contributed by atoms with Gasteiger partial charge in [0, 0.05) is 17.0 Å². The van der Waals surface area contributed by atoms with Crippen molar-refractivity contribution in [3.05, 3.63) is 56.5 Å². The molecule has 0 aliphatic rings. The lowest BCUT2D eigenvalue weighted by Crippen LogP contribution is -2.09. The molecule has 0 spiro atoms. The monoisotopic (exact) mass is 424 g/mol. The second kappa shape index (κ2) is 10.4. The van der Waals surface area contributed by atoms with Gasteiger partial charge < -0.3 is 14.6 Å². The first kappa shape index (κ1) is 21.4. The van der Waals surface area contributed by atoms with Crippen LogP contribution in [0.25, 0.3) is 0 Å². The van der Waals surface area contributed by atoms with Gasteiger partial charge in [-0.25, -0.2) is 4.79 Å². The Kier molecular flexibility index (Phi) is 8.86. The number of carbonyl (C=O) groups is 2. The van der Waals surface area contributed by atoms with Crippen LogP contribution < -0.4 is 9.47 Å². The maximum Gasteiger partial charge on any atom is 0.341 e. The number of rotatable bonds is 4. The Morgan fingerprint density at radius 1 is 0.920 bits per heavy atom. The van der Waals surface area contributed by atoms with E-state index < -0.39 is 18.5 Å². The molecule has 2 rings (SSSR count). The van der Waals surface area contributed by atoms with Gasteiger partial charge in [-0.3, -0.25) is 4.79 Å². The molecule has 0 radical (unpaired) electrons. The van der Waals surface area contributed by atoms with Crippen molar-refractivity contribution in [3.63, 3.8) is 0 Å². The van der Waals surface area contributed by atoms with Gasteiger partial charge in [-0.05, 0) is 36.4 Å². The van der Waals surface area contributed by atoms with Gasteiger partial charge in [0.05, 0.1) is 10.0 Å². The summed E-state index contributed by atoms with van der Waals surface area (Å²) in [7, 11) is 0. The van der Waals surface area contributed by atoms with Gasteiger partial charge in [0.25, 0.3) is 0 Å². The van der Waals surface area contributed by atoms with E-state index in [0.717, 1.165) is 0 Å².